The minimum Gasteiger partial charge on any atom is -0.370 e. The van der Waals surface area contributed by atoms with E-state index in [9.17, 15) is 0 Å². The summed E-state index contributed by atoms with van der Waals surface area (Å²) in [5.41, 5.74) is 8.27. The molecule has 1 aromatic rings. The first-order valence-corrected chi connectivity index (χ1v) is 5.72. The number of nitrogens with two attached hydrogens (primary N) is 1. The Labute approximate surface area is 91.1 Å². The minimum absolute atomic E-state index is 0.500. The monoisotopic (exact) mass is 205 g/mol. The number of nitrogens with zero attached hydrogens (tertiary/aromatic N) is 1. The summed E-state index contributed by atoms with van der Waals surface area (Å²) in [7, 11) is 0. The molecular formula is C12H19N3. The lowest BCUT2D eigenvalue weighted by molar-refractivity contribution is 0.627. The Hall–Kier alpha value is -1.09. The second kappa shape index (κ2) is 4.62. The lowest BCUT2D eigenvalue weighted by Gasteiger charge is -2.11. The summed E-state index contributed by atoms with van der Waals surface area (Å²) in [6.45, 7) is 3.76. The molecule has 2 rings (SSSR count). The normalized spacial score (nSPS) is 16.1. The summed E-state index contributed by atoms with van der Waals surface area (Å²) in [5.74, 6) is 1.50. The van der Waals surface area contributed by atoms with Gasteiger partial charge in [0.2, 0.25) is 0 Å². The number of nitrogens with one attached hydrogen (secondary N) is 1. The van der Waals surface area contributed by atoms with E-state index in [1.54, 1.807) is 0 Å². The Bertz CT molecular complexity index is 336. The minimum atomic E-state index is 0.500. The number of hydrogen-bond acceptors (Lipinski definition) is 3. The molecule has 0 bridgehead atoms. The van der Waals surface area contributed by atoms with Crippen molar-refractivity contribution in [3.8, 4) is 0 Å². The molecule has 3 nitrogen and oxygen atoms in total. The number of aryl methyl sites for hydroxylation is 2. The van der Waals surface area contributed by atoms with Gasteiger partial charge in [-0.3, -0.25) is 0 Å². The van der Waals surface area contributed by atoms with E-state index in [1.807, 2.05) is 0 Å². The molecule has 0 aliphatic heterocycles. The largest absolute Gasteiger partial charge is 0.370 e. The standard InChI is InChI=1S/C12H19N3/c1-9(7-13)8-14-12-6-5-10-3-2-4-11(10)15-12/h5-6,9H,2-4,7-8,13H2,1H3,(H,14,15). The van der Waals surface area contributed by atoms with Gasteiger partial charge in [0.1, 0.15) is 5.82 Å². The molecule has 1 heterocycles. The van der Waals surface area contributed by atoms with E-state index < -0.39 is 0 Å². The molecule has 0 fully saturated rings. The smallest absolute Gasteiger partial charge is 0.126 e. The molecule has 3 N–H and O–H groups in total. The van der Waals surface area contributed by atoms with Crippen molar-refractivity contribution in [1.29, 1.82) is 0 Å². The van der Waals surface area contributed by atoms with Crippen LogP contribution in [0.25, 0.3) is 0 Å². The maximum Gasteiger partial charge on any atom is 0.126 e. The Morgan fingerprint density at radius 2 is 2.33 bits per heavy atom. The summed E-state index contributed by atoms with van der Waals surface area (Å²) < 4.78 is 0. The highest BCUT2D eigenvalue weighted by Gasteiger charge is 2.12. The molecule has 1 aromatic heterocycles. The number of pyridine rings is 1. The predicted molar refractivity (Wildman–Crippen MR) is 63.0 cm³/mol. The van der Waals surface area contributed by atoms with Crippen molar-refractivity contribution in [2.75, 3.05) is 18.4 Å². The van der Waals surface area contributed by atoms with Gasteiger partial charge in [-0.15, -0.1) is 0 Å². The topological polar surface area (TPSA) is 50.9 Å². The maximum absolute atomic E-state index is 5.57. The van der Waals surface area contributed by atoms with Gasteiger partial charge in [0.05, 0.1) is 0 Å². The van der Waals surface area contributed by atoms with Gasteiger partial charge >= 0.3 is 0 Å². The molecule has 0 radical (unpaired) electrons. The molecule has 0 aromatic carbocycles. The number of fused-ring (bicyclic) bond motifs is 1. The van der Waals surface area contributed by atoms with Crippen molar-refractivity contribution in [3.05, 3.63) is 23.4 Å². The molecule has 15 heavy (non-hydrogen) atoms. The van der Waals surface area contributed by atoms with Gasteiger partial charge in [0.15, 0.2) is 0 Å². The SMILES string of the molecule is CC(CN)CNc1ccc2c(n1)CCC2. The molecule has 3 heteroatoms. The van der Waals surface area contributed by atoms with Crippen LogP contribution in [-0.4, -0.2) is 18.1 Å². The van der Waals surface area contributed by atoms with Gasteiger partial charge in [-0.1, -0.05) is 13.0 Å². The third-order valence-corrected chi connectivity index (χ3v) is 2.96. The molecule has 0 saturated carbocycles. The fourth-order valence-corrected chi connectivity index (χ4v) is 1.88. The van der Waals surface area contributed by atoms with Crippen LogP contribution in [0.5, 0.6) is 0 Å². The Kier molecular flexibility index (Phi) is 3.21. The fourth-order valence-electron chi connectivity index (χ4n) is 1.88. The van der Waals surface area contributed by atoms with Crippen molar-refractivity contribution >= 4 is 5.82 Å². The number of hydrogen-bond donors (Lipinski definition) is 2. The van der Waals surface area contributed by atoms with Crippen molar-refractivity contribution in [1.82, 2.24) is 4.98 Å². The van der Waals surface area contributed by atoms with E-state index in [0.717, 1.165) is 25.3 Å². The van der Waals surface area contributed by atoms with Crippen LogP contribution in [-0.2, 0) is 12.8 Å². The zero-order chi connectivity index (χ0) is 10.7. The highest BCUT2D eigenvalue weighted by atomic mass is 15.0. The maximum atomic E-state index is 5.57. The van der Waals surface area contributed by atoms with Crippen molar-refractivity contribution in [2.45, 2.75) is 26.2 Å². The van der Waals surface area contributed by atoms with Crippen LogP contribution in [0.3, 0.4) is 0 Å². The van der Waals surface area contributed by atoms with Crippen LogP contribution < -0.4 is 11.1 Å². The molecular weight excluding hydrogens is 186 g/mol. The van der Waals surface area contributed by atoms with Crippen LogP contribution in [0.4, 0.5) is 5.82 Å². The summed E-state index contributed by atoms with van der Waals surface area (Å²) in [4.78, 5) is 4.61. The zero-order valence-electron chi connectivity index (χ0n) is 9.29. The summed E-state index contributed by atoms with van der Waals surface area (Å²) in [5, 5.41) is 3.33. The van der Waals surface area contributed by atoms with E-state index in [1.165, 1.54) is 24.1 Å². The van der Waals surface area contributed by atoms with Crippen LogP contribution in [0.2, 0.25) is 0 Å². The first-order valence-electron chi connectivity index (χ1n) is 5.72. The second-order valence-corrected chi connectivity index (χ2v) is 4.38. The van der Waals surface area contributed by atoms with Gasteiger partial charge in [0.25, 0.3) is 0 Å². The summed E-state index contributed by atoms with van der Waals surface area (Å²) in [6, 6.07) is 4.28. The quantitative estimate of drug-likeness (QED) is 0.784. The molecule has 1 atom stereocenters. The fraction of sp³-hybridized carbons (Fsp3) is 0.583. The van der Waals surface area contributed by atoms with Gasteiger partial charge in [-0.2, -0.15) is 0 Å². The van der Waals surface area contributed by atoms with E-state index in [4.69, 9.17) is 5.73 Å². The molecule has 0 saturated heterocycles. The van der Waals surface area contributed by atoms with Crippen molar-refractivity contribution in [2.24, 2.45) is 11.7 Å². The van der Waals surface area contributed by atoms with Crippen molar-refractivity contribution in [3.63, 3.8) is 0 Å². The van der Waals surface area contributed by atoms with Gasteiger partial charge in [-0.25, -0.2) is 4.98 Å². The molecule has 82 valence electrons. The average molecular weight is 205 g/mol. The highest BCUT2D eigenvalue weighted by molar-refractivity contribution is 5.40. The van der Waals surface area contributed by atoms with Crippen LogP contribution in [0, 0.1) is 5.92 Å². The van der Waals surface area contributed by atoms with E-state index in [0.29, 0.717) is 5.92 Å². The van der Waals surface area contributed by atoms with E-state index in [2.05, 4.69) is 29.4 Å². The van der Waals surface area contributed by atoms with E-state index >= 15 is 0 Å². The van der Waals surface area contributed by atoms with Crippen LogP contribution in [0.1, 0.15) is 24.6 Å². The Balaban J connectivity index is 1.98. The summed E-state index contributed by atoms with van der Waals surface area (Å²) >= 11 is 0. The van der Waals surface area contributed by atoms with Crippen LogP contribution in [0.15, 0.2) is 12.1 Å². The third kappa shape index (κ3) is 2.48. The predicted octanol–water partition coefficient (Wildman–Crippen LogP) is 1.58. The molecule has 1 aliphatic rings. The first kappa shape index (κ1) is 10.4. The van der Waals surface area contributed by atoms with Gasteiger partial charge < -0.3 is 11.1 Å². The number of anilines is 1. The van der Waals surface area contributed by atoms with E-state index in [-0.39, 0.29) is 0 Å². The molecule has 1 aliphatic carbocycles. The highest BCUT2D eigenvalue weighted by Crippen LogP contribution is 2.21. The molecule has 0 spiro atoms. The van der Waals surface area contributed by atoms with Gasteiger partial charge in [0, 0.05) is 12.2 Å². The Morgan fingerprint density at radius 3 is 3.13 bits per heavy atom. The zero-order valence-corrected chi connectivity index (χ0v) is 9.29. The second-order valence-electron chi connectivity index (χ2n) is 4.38. The molecule has 0 amide bonds. The average Bonchev–Trinajstić information content (AvgIpc) is 2.72. The first-order chi connectivity index (χ1) is 7.29. The Morgan fingerprint density at radius 1 is 1.47 bits per heavy atom. The van der Waals surface area contributed by atoms with Crippen LogP contribution >= 0.6 is 0 Å². The summed E-state index contributed by atoms with van der Waals surface area (Å²) in [6.07, 6.45) is 3.59. The number of aromatic nitrogens is 1. The molecule has 1 unspecified atom stereocenters. The lowest BCUT2D eigenvalue weighted by atomic mass is 10.2. The van der Waals surface area contributed by atoms with Crippen molar-refractivity contribution < 1.29 is 0 Å². The lowest BCUT2D eigenvalue weighted by Crippen LogP contribution is -2.20. The third-order valence-electron chi connectivity index (χ3n) is 2.96. The van der Waals surface area contributed by atoms with Gasteiger partial charge in [-0.05, 0) is 43.4 Å². The number of rotatable bonds is 4.